The molecular weight excluding hydrogens is 222 g/mol. The lowest BCUT2D eigenvalue weighted by Crippen LogP contribution is -2.10. The van der Waals surface area contributed by atoms with Crippen LogP contribution in [-0.2, 0) is 4.74 Å². The summed E-state index contributed by atoms with van der Waals surface area (Å²) in [5, 5.41) is 3.22. The molecule has 2 nitrogen and oxygen atoms in total. The predicted octanol–water partition coefficient (Wildman–Crippen LogP) is 3.31. The maximum Gasteiger partial charge on any atom is 0.122 e. The first-order valence-corrected chi connectivity index (χ1v) is 6.98. The fourth-order valence-corrected chi connectivity index (χ4v) is 2.80. The van der Waals surface area contributed by atoms with Crippen molar-refractivity contribution in [1.29, 1.82) is 0 Å². The van der Waals surface area contributed by atoms with Crippen LogP contribution in [0.3, 0.4) is 0 Å². The Kier molecular flexibility index (Phi) is 3.37. The van der Waals surface area contributed by atoms with Gasteiger partial charge in [0.05, 0.1) is 0 Å². The van der Waals surface area contributed by atoms with Gasteiger partial charge in [0.1, 0.15) is 11.5 Å². The summed E-state index contributed by atoms with van der Waals surface area (Å²) in [6.07, 6.45) is 15.6. The minimum Gasteiger partial charge on any atom is -0.462 e. The standard InChI is InChI=1S/C16H21NO/c1-17-10-9-12-7-8-16(15-11-14(12)15)18-13-5-3-2-4-6-13/h3,5-8,14-15,17H,2,4,9-11H2,1H3. The Labute approximate surface area is 109 Å². The summed E-state index contributed by atoms with van der Waals surface area (Å²) >= 11 is 0. The summed E-state index contributed by atoms with van der Waals surface area (Å²) in [6.45, 7) is 1.08. The Bertz CT molecular complexity index is 442. The van der Waals surface area contributed by atoms with E-state index in [0.717, 1.165) is 31.1 Å². The van der Waals surface area contributed by atoms with Crippen LogP contribution in [0.1, 0.15) is 25.7 Å². The maximum atomic E-state index is 6.01. The van der Waals surface area contributed by atoms with Gasteiger partial charge in [0.2, 0.25) is 0 Å². The number of allylic oxidation sites excluding steroid dienone is 6. The molecule has 0 amide bonds. The molecule has 18 heavy (non-hydrogen) atoms. The van der Waals surface area contributed by atoms with E-state index in [-0.39, 0.29) is 0 Å². The predicted molar refractivity (Wildman–Crippen MR) is 73.8 cm³/mol. The maximum absolute atomic E-state index is 6.01. The Hall–Kier alpha value is -1.28. The van der Waals surface area contributed by atoms with Crippen LogP contribution in [0, 0.1) is 11.8 Å². The SMILES string of the molecule is CNCCC1=CC=C(OC2=CCCC=C2)C2CC12. The molecule has 0 heterocycles. The second-order valence-electron chi connectivity index (χ2n) is 5.30. The molecule has 2 atom stereocenters. The molecule has 2 unspecified atom stereocenters. The molecule has 0 aromatic carbocycles. The van der Waals surface area contributed by atoms with E-state index in [4.69, 9.17) is 4.74 Å². The van der Waals surface area contributed by atoms with Gasteiger partial charge in [-0.05, 0) is 63.4 Å². The van der Waals surface area contributed by atoms with Crippen LogP contribution in [-0.4, -0.2) is 13.6 Å². The number of ether oxygens (including phenoxy) is 1. The molecular formula is C16H21NO. The van der Waals surface area contributed by atoms with Gasteiger partial charge >= 0.3 is 0 Å². The lowest BCUT2D eigenvalue weighted by Gasteiger charge is -2.16. The first kappa shape index (κ1) is 11.8. The lowest BCUT2D eigenvalue weighted by molar-refractivity contribution is 0.289. The second-order valence-corrected chi connectivity index (χ2v) is 5.30. The molecule has 0 radical (unpaired) electrons. The van der Waals surface area contributed by atoms with Crippen molar-refractivity contribution in [2.75, 3.05) is 13.6 Å². The average Bonchev–Trinajstić information content (AvgIpc) is 3.20. The topological polar surface area (TPSA) is 21.3 Å². The Morgan fingerprint density at radius 3 is 3.00 bits per heavy atom. The molecule has 1 N–H and O–H groups in total. The molecule has 0 aliphatic heterocycles. The highest BCUT2D eigenvalue weighted by atomic mass is 16.5. The van der Waals surface area contributed by atoms with Crippen LogP contribution in [0.4, 0.5) is 0 Å². The Morgan fingerprint density at radius 2 is 2.22 bits per heavy atom. The van der Waals surface area contributed by atoms with Gasteiger partial charge in [0.25, 0.3) is 0 Å². The van der Waals surface area contributed by atoms with Gasteiger partial charge in [-0.3, -0.25) is 0 Å². The summed E-state index contributed by atoms with van der Waals surface area (Å²) in [7, 11) is 2.01. The van der Waals surface area contributed by atoms with E-state index in [1.807, 2.05) is 7.05 Å². The molecule has 1 saturated carbocycles. The third-order valence-corrected chi connectivity index (χ3v) is 3.95. The fraction of sp³-hybridized carbons (Fsp3) is 0.500. The molecule has 0 saturated heterocycles. The van der Waals surface area contributed by atoms with Crippen molar-refractivity contribution in [2.24, 2.45) is 11.8 Å². The van der Waals surface area contributed by atoms with Gasteiger partial charge in [-0.2, -0.15) is 0 Å². The number of rotatable bonds is 5. The van der Waals surface area contributed by atoms with Crippen LogP contribution >= 0.6 is 0 Å². The largest absolute Gasteiger partial charge is 0.462 e. The van der Waals surface area contributed by atoms with E-state index >= 15 is 0 Å². The van der Waals surface area contributed by atoms with Crippen LogP contribution in [0.25, 0.3) is 0 Å². The third-order valence-electron chi connectivity index (χ3n) is 3.95. The lowest BCUT2D eigenvalue weighted by atomic mass is 10.0. The minimum atomic E-state index is 0.651. The van der Waals surface area contributed by atoms with Crippen molar-refractivity contribution in [3.8, 4) is 0 Å². The summed E-state index contributed by atoms with van der Waals surface area (Å²) in [5.74, 6) is 3.61. The van der Waals surface area contributed by atoms with Gasteiger partial charge in [-0.15, -0.1) is 0 Å². The molecule has 3 aliphatic carbocycles. The summed E-state index contributed by atoms with van der Waals surface area (Å²) in [4.78, 5) is 0. The van der Waals surface area contributed by atoms with Crippen molar-refractivity contribution >= 4 is 0 Å². The molecule has 3 rings (SSSR count). The molecule has 0 aromatic heterocycles. The Balaban J connectivity index is 1.64. The Morgan fingerprint density at radius 1 is 1.28 bits per heavy atom. The third kappa shape index (κ3) is 2.44. The molecule has 0 spiro atoms. The summed E-state index contributed by atoms with van der Waals surface area (Å²) in [5.41, 5.74) is 1.59. The zero-order valence-corrected chi connectivity index (χ0v) is 11.0. The fourth-order valence-electron chi connectivity index (χ4n) is 2.80. The van der Waals surface area contributed by atoms with E-state index < -0.39 is 0 Å². The van der Waals surface area contributed by atoms with Gasteiger partial charge in [0.15, 0.2) is 0 Å². The zero-order chi connectivity index (χ0) is 12.4. The van der Waals surface area contributed by atoms with E-state index in [0.29, 0.717) is 5.92 Å². The van der Waals surface area contributed by atoms with Crippen LogP contribution in [0.15, 0.2) is 47.5 Å². The summed E-state index contributed by atoms with van der Waals surface area (Å²) < 4.78 is 6.01. The van der Waals surface area contributed by atoms with Crippen LogP contribution < -0.4 is 5.32 Å². The average molecular weight is 243 g/mol. The van der Waals surface area contributed by atoms with E-state index in [1.165, 1.54) is 18.6 Å². The quantitative estimate of drug-likeness (QED) is 0.800. The first-order valence-electron chi connectivity index (χ1n) is 6.98. The van der Waals surface area contributed by atoms with Crippen LogP contribution in [0.2, 0.25) is 0 Å². The number of nitrogens with one attached hydrogen (secondary N) is 1. The molecule has 0 aromatic rings. The molecule has 2 heteroatoms. The van der Waals surface area contributed by atoms with Crippen molar-refractivity contribution in [3.63, 3.8) is 0 Å². The highest BCUT2D eigenvalue weighted by molar-refractivity contribution is 5.35. The first-order chi connectivity index (χ1) is 8.88. The monoisotopic (exact) mass is 243 g/mol. The second kappa shape index (κ2) is 5.15. The summed E-state index contributed by atoms with van der Waals surface area (Å²) in [6, 6.07) is 0. The normalized spacial score (nSPS) is 29.1. The highest BCUT2D eigenvalue weighted by Crippen LogP contribution is 2.52. The van der Waals surface area contributed by atoms with Crippen molar-refractivity contribution in [2.45, 2.75) is 25.7 Å². The van der Waals surface area contributed by atoms with Crippen molar-refractivity contribution < 1.29 is 4.74 Å². The van der Waals surface area contributed by atoms with Gasteiger partial charge in [0, 0.05) is 5.92 Å². The minimum absolute atomic E-state index is 0.651. The van der Waals surface area contributed by atoms with Gasteiger partial charge in [-0.25, -0.2) is 0 Å². The molecule has 1 fully saturated rings. The number of fused-ring (bicyclic) bond motifs is 1. The highest BCUT2D eigenvalue weighted by Gasteiger charge is 2.45. The van der Waals surface area contributed by atoms with Gasteiger partial charge < -0.3 is 10.1 Å². The number of hydrogen-bond donors (Lipinski definition) is 1. The molecule has 96 valence electrons. The van der Waals surface area contributed by atoms with E-state index in [9.17, 15) is 0 Å². The van der Waals surface area contributed by atoms with E-state index in [2.05, 4.69) is 35.7 Å². The smallest absolute Gasteiger partial charge is 0.122 e. The zero-order valence-electron chi connectivity index (χ0n) is 11.0. The van der Waals surface area contributed by atoms with Gasteiger partial charge in [-0.1, -0.05) is 17.7 Å². The van der Waals surface area contributed by atoms with Crippen LogP contribution in [0.5, 0.6) is 0 Å². The van der Waals surface area contributed by atoms with E-state index in [1.54, 1.807) is 5.57 Å². The van der Waals surface area contributed by atoms with Crippen molar-refractivity contribution in [3.05, 3.63) is 47.5 Å². The molecule has 0 bridgehead atoms. The molecule has 3 aliphatic rings. The van der Waals surface area contributed by atoms with Crippen molar-refractivity contribution in [1.82, 2.24) is 5.32 Å². The number of hydrogen-bond acceptors (Lipinski definition) is 2.